The largest absolute Gasteiger partial charge is 0.457 e. The molecule has 0 spiro atoms. The van der Waals surface area contributed by atoms with Gasteiger partial charge < -0.3 is 14.2 Å². The first kappa shape index (κ1) is 19.3. The number of hydrogen-bond donors (Lipinski definition) is 0. The van der Waals surface area contributed by atoms with E-state index in [-0.39, 0.29) is 11.7 Å². The van der Waals surface area contributed by atoms with E-state index >= 15 is 0 Å². The highest BCUT2D eigenvalue weighted by molar-refractivity contribution is 5.83. The maximum Gasteiger partial charge on any atom is 0.387 e. The van der Waals surface area contributed by atoms with Crippen LogP contribution in [0.5, 0.6) is 5.75 Å². The average molecular weight is 376 g/mol. The average Bonchev–Trinajstić information content (AvgIpc) is 2.69. The van der Waals surface area contributed by atoms with E-state index < -0.39 is 18.1 Å². The third-order valence-electron chi connectivity index (χ3n) is 4.92. The van der Waals surface area contributed by atoms with Crippen LogP contribution in [0.25, 0.3) is 0 Å². The van der Waals surface area contributed by atoms with Gasteiger partial charge in [-0.3, -0.25) is 4.79 Å². The minimum absolute atomic E-state index is 0.0671. The number of esters is 1. The van der Waals surface area contributed by atoms with Gasteiger partial charge in [-0.25, -0.2) is 0 Å². The predicted molar refractivity (Wildman–Crippen MR) is 95.8 cm³/mol. The van der Waals surface area contributed by atoms with E-state index in [0.29, 0.717) is 31.6 Å². The van der Waals surface area contributed by atoms with Gasteiger partial charge in [0, 0.05) is 13.2 Å². The van der Waals surface area contributed by atoms with Gasteiger partial charge in [0.2, 0.25) is 0 Å². The van der Waals surface area contributed by atoms with Crippen molar-refractivity contribution < 1.29 is 27.8 Å². The first-order valence-corrected chi connectivity index (χ1v) is 8.90. The second-order valence-electron chi connectivity index (χ2n) is 6.56. The highest BCUT2D eigenvalue weighted by atomic mass is 19.3. The number of ether oxygens (including phenoxy) is 3. The van der Waals surface area contributed by atoms with Crippen molar-refractivity contribution in [3.8, 4) is 5.75 Å². The quantitative estimate of drug-likeness (QED) is 0.689. The van der Waals surface area contributed by atoms with Crippen LogP contribution in [0.1, 0.15) is 37.0 Å². The Hall–Kier alpha value is -2.47. The van der Waals surface area contributed by atoms with Crippen LogP contribution in [0.4, 0.5) is 8.78 Å². The fourth-order valence-corrected chi connectivity index (χ4v) is 3.35. The molecule has 1 saturated heterocycles. The second kappa shape index (κ2) is 8.48. The molecule has 0 N–H and O–H groups in total. The van der Waals surface area contributed by atoms with Crippen LogP contribution in [0.15, 0.2) is 54.6 Å². The van der Waals surface area contributed by atoms with Gasteiger partial charge in [0.15, 0.2) is 0 Å². The first-order valence-electron chi connectivity index (χ1n) is 8.90. The molecule has 1 fully saturated rings. The molecule has 4 nitrogen and oxygen atoms in total. The monoisotopic (exact) mass is 376 g/mol. The Labute approximate surface area is 157 Å². The number of carbonyl (C=O) groups is 1. The summed E-state index contributed by atoms with van der Waals surface area (Å²) >= 11 is 0. The summed E-state index contributed by atoms with van der Waals surface area (Å²) in [6.45, 7) is -0.111. The smallest absolute Gasteiger partial charge is 0.387 e. The van der Waals surface area contributed by atoms with Crippen LogP contribution in [-0.2, 0) is 19.7 Å². The number of rotatable bonds is 6. The zero-order chi connectivity index (χ0) is 19.3. The molecule has 3 rings (SSSR count). The standard InChI is InChI=1S/C21H22F2O4/c1-15(16-7-9-18(10-8-16)27-20(22)23)26-19(24)21(11-13-25-14-12-21)17-5-3-2-4-6-17/h2-10,15,20H,11-14H2,1H3. The molecule has 6 heteroatoms. The Morgan fingerprint density at radius 3 is 2.26 bits per heavy atom. The lowest BCUT2D eigenvalue weighted by molar-refractivity contribution is -0.160. The van der Waals surface area contributed by atoms with E-state index in [2.05, 4.69) is 4.74 Å². The second-order valence-corrected chi connectivity index (χ2v) is 6.56. The van der Waals surface area contributed by atoms with Crippen LogP contribution in [0.2, 0.25) is 0 Å². The molecule has 1 atom stereocenters. The summed E-state index contributed by atoms with van der Waals surface area (Å²) in [5.41, 5.74) is 0.901. The predicted octanol–water partition coefficient (Wildman–Crippen LogP) is 4.64. The molecule has 2 aromatic rings. The van der Waals surface area contributed by atoms with Crippen LogP contribution in [0, 0.1) is 0 Å². The summed E-state index contributed by atoms with van der Waals surface area (Å²) in [6, 6.07) is 15.7. The summed E-state index contributed by atoms with van der Waals surface area (Å²) in [6.07, 6.45) is 0.606. The molecular formula is C21H22F2O4. The molecule has 1 aliphatic heterocycles. The molecule has 0 radical (unpaired) electrons. The number of halogens is 2. The van der Waals surface area contributed by atoms with Gasteiger partial charge in [0.1, 0.15) is 11.9 Å². The van der Waals surface area contributed by atoms with Gasteiger partial charge in [-0.15, -0.1) is 0 Å². The number of carbonyl (C=O) groups excluding carboxylic acids is 1. The normalized spacial score (nSPS) is 17.3. The van der Waals surface area contributed by atoms with E-state index in [1.54, 1.807) is 19.1 Å². The molecule has 27 heavy (non-hydrogen) atoms. The van der Waals surface area contributed by atoms with E-state index in [1.807, 2.05) is 30.3 Å². The van der Waals surface area contributed by atoms with Crippen molar-refractivity contribution in [2.24, 2.45) is 0 Å². The number of alkyl halides is 2. The fraction of sp³-hybridized carbons (Fsp3) is 0.381. The zero-order valence-electron chi connectivity index (χ0n) is 15.1. The zero-order valence-corrected chi connectivity index (χ0v) is 15.1. The van der Waals surface area contributed by atoms with Crippen molar-refractivity contribution in [3.63, 3.8) is 0 Å². The van der Waals surface area contributed by atoms with Gasteiger partial charge in [-0.05, 0) is 43.0 Å². The lowest BCUT2D eigenvalue weighted by Crippen LogP contribution is -2.42. The van der Waals surface area contributed by atoms with E-state index in [9.17, 15) is 13.6 Å². The van der Waals surface area contributed by atoms with Gasteiger partial charge >= 0.3 is 12.6 Å². The van der Waals surface area contributed by atoms with Crippen LogP contribution in [-0.4, -0.2) is 25.8 Å². The molecule has 0 amide bonds. The summed E-state index contributed by atoms with van der Waals surface area (Å²) in [5, 5.41) is 0. The van der Waals surface area contributed by atoms with Crippen molar-refractivity contribution in [1.29, 1.82) is 0 Å². The van der Waals surface area contributed by atoms with Crippen molar-refractivity contribution in [1.82, 2.24) is 0 Å². The Bertz CT molecular complexity index is 741. The number of hydrogen-bond acceptors (Lipinski definition) is 4. The fourth-order valence-electron chi connectivity index (χ4n) is 3.35. The van der Waals surface area contributed by atoms with Crippen molar-refractivity contribution >= 4 is 5.97 Å². The summed E-state index contributed by atoms with van der Waals surface area (Å²) in [5.74, 6) is -0.227. The Balaban J connectivity index is 1.75. The molecule has 2 aromatic carbocycles. The van der Waals surface area contributed by atoms with Crippen molar-refractivity contribution in [2.45, 2.75) is 37.9 Å². The molecule has 1 aliphatic rings. The molecule has 1 unspecified atom stereocenters. The van der Waals surface area contributed by atoms with Crippen molar-refractivity contribution in [2.75, 3.05) is 13.2 Å². The van der Waals surface area contributed by atoms with Crippen LogP contribution >= 0.6 is 0 Å². The third-order valence-corrected chi connectivity index (χ3v) is 4.92. The molecule has 0 saturated carbocycles. The molecule has 0 bridgehead atoms. The van der Waals surface area contributed by atoms with E-state index in [0.717, 1.165) is 5.56 Å². The highest BCUT2D eigenvalue weighted by Crippen LogP contribution is 2.37. The lowest BCUT2D eigenvalue weighted by atomic mass is 9.74. The molecule has 0 aliphatic carbocycles. The first-order chi connectivity index (χ1) is 13.0. The molecule has 144 valence electrons. The van der Waals surface area contributed by atoms with E-state index in [1.165, 1.54) is 12.1 Å². The van der Waals surface area contributed by atoms with Crippen LogP contribution < -0.4 is 4.74 Å². The summed E-state index contributed by atoms with van der Waals surface area (Å²) < 4.78 is 40.1. The van der Waals surface area contributed by atoms with Gasteiger partial charge in [-0.1, -0.05) is 42.5 Å². The van der Waals surface area contributed by atoms with E-state index in [4.69, 9.17) is 9.47 Å². The summed E-state index contributed by atoms with van der Waals surface area (Å²) in [4.78, 5) is 13.1. The van der Waals surface area contributed by atoms with Crippen LogP contribution in [0.3, 0.4) is 0 Å². The Kier molecular flexibility index (Phi) is 6.06. The Morgan fingerprint density at radius 2 is 1.67 bits per heavy atom. The number of benzene rings is 2. The topological polar surface area (TPSA) is 44.8 Å². The SMILES string of the molecule is CC(OC(=O)C1(c2ccccc2)CCOCC1)c1ccc(OC(F)F)cc1. The van der Waals surface area contributed by atoms with Crippen molar-refractivity contribution in [3.05, 3.63) is 65.7 Å². The molecule has 0 aromatic heterocycles. The minimum atomic E-state index is -2.87. The lowest BCUT2D eigenvalue weighted by Gasteiger charge is -2.36. The molecular weight excluding hydrogens is 354 g/mol. The Morgan fingerprint density at radius 1 is 1.04 bits per heavy atom. The highest BCUT2D eigenvalue weighted by Gasteiger charge is 2.43. The van der Waals surface area contributed by atoms with Gasteiger partial charge in [-0.2, -0.15) is 8.78 Å². The molecule has 1 heterocycles. The van der Waals surface area contributed by atoms with Gasteiger partial charge in [0.05, 0.1) is 5.41 Å². The van der Waals surface area contributed by atoms with Gasteiger partial charge in [0.25, 0.3) is 0 Å². The summed E-state index contributed by atoms with van der Waals surface area (Å²) in [7, 11) is 0. The maximum absolute atomic E-state index is 13.1. The third kappa shape index (κ3) is 4.45. The minimum Gasteiger partial charge on any atom is -0.457 e. The maximum atomic E-state index is 13.1.